The first-order valence-corrected chi connectivity index (χ1v) is 9.27. The lowest BCUT2D eigenvalue weighted by molar-refractivity contribution is -0.152. The molecule has 8 heteroatoms. The third-order valence-corrected chi connectivity index (χ3v) is 6.10. The van der Waals surface area contributed by atoms with Crippen molar-refractivity contribution in [2.45, 2.75) is 62.6 Å². The molecule has 0 saturated carbocycles. The lowest BCUT2D eigenvalue weighted by Gasteiger charge is -2.35. The Bertz CT molecular complexity index is 575. The Morgan fingerprint density at radius 2 is 2.04 bits per heavy atom. The highest BCUT2D eigenvalue weighted by Crippen LogP contribution is 2.49. The van der Waals surface area contributed by atoms with Gasteiger partial charge < -0.3 is 14.4 Å². The van der Waals surface area contributed by atoms with E-state index in [2.05, 4.69) is 0 Å². The van der Waals surface area contributed by atoms with E-state index >= 15 is 0 Å². The fraction of sp³-hybridized carbons (Fsp3) is 0.812. The molecule has 3 aliphatic heterocycles. The van der Waals surface area contributed by atoms with Crippen LogP contribution in [-0.4, -0.2) is 69.7 Å². The maximum absolute atomic E-state index is 13.2. The van der Waals surface area contributed by atoms with Crippen molar-refractivity contribution in [2.75, 3.05) is 19.4 Å². The number of fused-ring (bicyclic) bond motifs is 1. The van der Waals surface area contributed by atoms with Gasteiger partial charge in [-0.1, -0.05) is 0 Å². The van der Waals surface area contributed by atoms with Gasteiger partial charge in [-0.2, -0.15) is 0 Å². The summed E-state index contributed by atoms with van der Waals surface area (Å²) in [7, 11) is 1.33. The summed E-state index contributed by atoms with van der Waals surface area (Å²) in [4.78, 5) is 40.9. The van der Waals surface area contributed by atoms with Crippen molar-refractivity contribution < 1.29 is 23.9 Å². The predicted molar refractivity (Wildman–Crippen MR) is 88.4 cm³/mol. The van der Waals surface area contributed by atoms with Crippen LogP contribution in [0.4, 0.5) is 4.79 Å². The minimum Gasteiger partial charge on any atom is -0.467 e. The fourth-order valence-corrected chi connectivity index (χ4v) is 5.32. The zero-order valence-electron chi connectivity index (χ0n) is 14.5. The van der Waals surface area contributed by atoms with Gasteiger partial charge in [0, 0.05) is 18.7 Å². The van der Waals surface area contributed by atoms with E-state index in [0.29, 0.717) is 25.1 Å². The second kappa shape index (κ2) is 5.82. The van der Waals surface area contributed by atoms with E-state index in [9.17, 15) is 14.4 Å². The van der Waals surface area contributed by atoms with Crippen LogP contribution in [0.3, 0.4) is 0 Å². The van der Waals surface area contributed by atoms with Crippen LogP contribution >= 0.6 is 11.8 Å². The summed E-state index contributed by atoms with van der Waals surface area (Å²) < 4.78 is 10.3. The molecule has 0 N–H and O–H groups in total. The molecule has 3 heterocycles. The number of carbonyl (C=O) groups excluding carboxylic acids is 3. The van der Waals surface area contributed by atoms with Crippen molar-refractivity contribution in [1.29, 1.82) is 0 Å². The van der Waals surface area contributed by atoms with Crippen LogP contribution in [0.1, 0.15) is 40.0 Å². The largest absolute Gasteiger partial charge is 0.467 e. The molecule has 2 amide bonds. The summed E-state index contributed by atoms with van der Waals surface area (Å²) in [6.45, 7) is 5.94. The number of thioether (sulfide) groups is 1. The zero-order valence-corrected chi connectivity index (χ0v) is 15.4. The second-order valence-corrected chi connectivity index (χ2v) is 8.72. The third kappa shape index (κ3) is 2.64. The molecule has 0 aromatic carbocycles. The number of methoxy groups -OCH3 is 1. The number of hydrogen-bond donors (Lipinski definition) is 0. The van der Waals surface area contributed by atoms with Crippen LogP contribution < -0.4 is 0 Å². The first-order valence-electron chi connectivity index (χ1n) is 8.22. The second-order valence-electron chi connectivity index (χ2n) is 7.51. The van der Waals surface area contributed by atoms with Crippen molar-refractivity contribution in [3.63, 3.8) is 0 Å². The summed E-state index contributed by atoms with van der Waals surface area (Å²) in [5.41, 5.74) is -1.48. The van der Waals surface area contributed by atoms with E-state index in [1.165, 1.54) is 7.11 Å². The molecule has 0 bridgehead atoms. The van der Waals surface area contributed by atoms with Gasteiger partial charge >= 0.3 is 12.1 Å². The van der Waals surface area contributed by atoms with Gasteiger partial charge in [-0.3, -0.25) is 9.69 Å². The molecule has 0 aliphatic carbocycles. The first-order chi connectivity index (χ1) is 11.2. The normalized spacial score (nSPS) is 32.4. The highest BCUT2D eigenvalue weighted by atomic mass is 32.2. The zero-order chi connectivity index (χ0) is 17.7. The highest BCUT2D eigenvalue weighted by Gasteiger charge is 2.63. The molecule has 3 fully saturated rings. The monoisotopic (exact) mass is 356 g/mol. The Hall–Kier alpha value is -1.44. The lowest BCUT2D eigenvalue weighted by atomic mass is 9.94. The standard InChI is InChI=1S/C16H24N2O5S/c1-15(2,3)23-14(21)17-7-5-6-16(17)8-11-18(13(16)20)10(9-24-11)12(19)22-4/h10-11H,5-9H2,1-4H3/t10-,11+,16-/m0/s1. The maximum Gasteiger partial charge on any atom is 0.411 e. The third-order valence-electron chi connectivity index (χ3n) is 4.81. The van der Waals surface area contributed by atoms with Crippen molar-refractivity contribution in [2.24, 2.45) is 0 Å². The molecule has 134 valence electrons. The minimum absolute atomic E-state index is 0.0790. The molecule has 0 unspecified atom stereocenters. The Labute approximate surface area is 146 Å². The molecule has 3 rings (SSSR count). The molecule has 3 atom stereocenters. The van der Waals surface area contributed by atoms with E-state index in [4.69, 9.17) is 9.47 Å². The summed E-state index contributed by atoms with van der Waals surface area (Å²) >= 11 is 1.58. The predicted octanol–water partition coefficient (Wildman–Crippen LogP) is 1.60. The number of carbonyl (C=O) groups is 3. The Morgan fingerprint density at radius 1 is 1.33 bits per heavy atom. The van der Waals surface area contributed by atoms with Crippen molar-refractivity contribution in [3.8, 4) is 0 Å². The summed E-state index contributed by atoms with van der Waals surface area (Å²) in [5.74, 6) is 0.0134. The quantitative estimate of drug-likeness (QED) is 0.664. The maximum atomic E-state index is 13.2. The average molecular weight is 356 g/mol. The summed E-state index contributed by atoms with van der Waals surface area (Å²) in [6.07, 6.45) is 1.48. The molecule has 0 radical (unpaired) electrons. The van der Waals surface area contributed by atoms with E-state index < -0.39 is 29.2 Å². The van der Waals surface area contributed by atoms with Crippen molar-refractivity contribution in [3.05, 3.63) is 0 Å². The van der Waals surface area contributed by atoms with Crippen LogP contribution in [0.2, 0.25) is 0 Å². The topological polar surface area (TPSA) is 76.1 Å². The van der Waals surface area contributed by atoms with Gasteiger partial charge in [0.25, 0.3) is 0 Å². The van der Waals surface area contributed by atoms with Gasteiger partial charge in [-0.25, -0.2) is 9.59 Å². The minimum atomic E-state index is -0.868. The molecular weight excluding hydrogens is 332 g/mol. The van der Waals surface area contributed by atoms with Gasteiger partial charge in [0.15, 0.2) is 0 Å². The van der Waals surface area contributed by atoms with Crippen LogP contribution in [0, 0.1) is 0 Å². The van der Waals surface area contributed by atoms with Gasteiger partial charge in [-0.05, 0) is 33.6 Å². The van der Waals surface area contributed by atoms with Gasteiger partial charge in [0.2, 0.25) is 5.91 Å². The van der Waals surface area contributed by atoms with Crippen LogP contribution in [0.25, 0.3) is 0 Å². The summed E-state index contributed by atoms with van der Waals surface area (Å²) in [6, 6.07) is -0.557. The first kappa shape index (κ1) is 17.4. The molecule has 7 nitrogen and oxygen atoms in total. The molecule has 0 aromatic heterocycles. The SMILES string of the molecule is COC(=O)[C@@H]1CS[C@@H]2C[C@@]3(CCCN3C(=O)OC(C)(C)C)C(=O)N21. The number of hydrogen-bond acceptors (Lipinski definition) is 6. The Morgan fingerprint density at radius 3 is 2.67 bits per heavy atom. The van der Waals surface area contributed by atoms with Gasteiger partial charge in [-0.15, -0.1) is 11.8 Å². The van der Waals surface area contributed by atoms with Crippen molar-refractivity contribution >= 4 is 29.7 Å². The average Bonchev–Trinajstić information content (AvgIpc) is 3.15. The molecular formula is C16H24N2O5S. The van der Waals surface area contributed by atoms with Gasteiger partial charge in [0.1, 0.15) is 17.2 Å². The van der Waals surface area contributed by atoms with E-state index in [1.807, 2.05) is 20.8 Å². The number of amides is 2. The number of likely N-dealkylation sites (tertiary alicyclic amines) is 1. The van der Waals surface area contributed by atoms with E-state index in [1.54, 1.807) is 21.6 Å². The molecule has 0 aromatic rings. The number of ether oxygens (including phenoxy) is 2. The Kier molecular flexibility index (Phi) is 4.22. The van der Waals surface area contributed by atoms with E-state index in [-0.39, 0.29) is 11.3 Å². The smallest absolute Gasteiger partial charge is 0.411 e. The molecule has 1 spiro atoms. The summed E-state index contributed by atoms with van der Waals surface area (Å²) in [5, 5.41) is -0.0790. The van der Waals surface area contributed by atoms with E-state index in [0.717, 1.165) is 6.42 Å². The Balaban J connectivity index is 1.84. The van der Waals surface area contributed by atoms with Crippen LogP contribution in [0.15, 0.2) is 0 Å². The number of esters is 1. The molecule has 24 heavy (non-hydrogen) atoms. The number of rotatable bonds is 1. The fourth-order valence-electron chi connectivity index (χ4n) is 3.82. The highest BCUT2D eigenvalue weighted by molar-refractivity contribution is 8.00. The molecule has 3 saturated heterocycles. The van der Waals surface area contributed by atoms with Crippen LogP contribution in [-0.2, 0) is 19.1 Å². The van der Waals surface area contributed by atoms with Crippen LogP contribution in [0.5, 0.6) is 0 Å². The molecule has 3 aliphatic rings. The van der Waals surface area contributed by atoms with Crippen molar-refractivity contribution in [1.82, 2.24) is 9.80 Å². The number of nitrogens with zero attached hydrogens (tertiary/aromatic N) is 2. The van der Waals surface area contributed by atoms with Gasteiger partial charge in [0.05, 0.1) is 12.5 Å². The lowest BCUT2D eigenvalue weighted by Crippen LogP contribution is -2.55.